The molecular formula is C12H16O4. The lowest BCUT2D eigenvalue weighted by molar-refractivity contribution is -0.160. The van der Waals surface area contributed by atoms with Crippen LogP contribution in [0.2, 0.25) is 0 Å². The maximum atomic E-state index is 11.5. The number of rotatable bonds is 2. The predicted octanol–water partition coefficient (Wildman–Crippen LogP) is 1.74. The molecule has 4 rings (SSSR count). The van der Waals surface area contributed by atoms with Crippen LogP contribution in [0, 0.1) is 22.7 Å². The van der Waals surface area contributed by atoms with E-state index in [1.807, 2.05) is 0 Å². The maximum absolute atomic E-state index is 11.5. The van der Waals surface area contributed by atoms with E-state index in [1.54, 1.807) is 0 Å². The summed E-state index contributed by atoms with van der Waals surface area (Å²) in [6.45, 7) is 0. The third kappa shape index (κ3) is 0.837. The van der Waals surface area contributed by atoms with Crippen LogP contribution >= 0.6 is 0 Å². The molecule has 16 heavy (non-hydrogen) atoms. The Morgan fingerprint density at radius 1 is 0.875 bits per heavy atom. The maximum Gasteiger partial charge on any atom is 0.311 e. The minimum absolute atomic E-state index is 0.0971. The Kier molecular flexibility index (Phi) is 1.76. The Balaban J connectivity index is 2.11. The standard InChI is InChI=1S/C12H16O4/c13-9(14)11-6-12(11,10(15)16)8-3-1-2-7(11)4-5-8/h7-8H,1-6H2,(H,13,14)(H,15,16)/t7-,8+,11-,12+. The van der Waals surface area contributed by atoms with Gasteiger partial charge in [-0.25, -0.2) is 0 Å². The molecule has 4 saturated carbocycles. The van der Waals surface area contributed by atoms with Crippen LogP contribution in [0.15, 0.2) is 0 Å². The molecule has 0 heterocycles. The van der Waals surface area contributed by atoms with Gasteiger partial charge in [-0.05, 0) is 43.9 Å². The highest BCUT2D eigenvalue weighted by atomic mass is 16.4. The van der Waals surface area contributed by atoms with Gasteiger partial charge in [-0.15, -0.1) is 0 Å². The van der Waals surface area contributed by atoms with Crippen molar-refractivity contribution in [2.45, 2.75) is 38.5 Å². The van der Waals surface area contributed by atoms with E-state index >= 15 is 0 Å². The van der Waals surface area contributed by atoms with Gasteiger partial charge in [0, 0.05) is 0 Å². The van der Waals surface area contributed by atoms with Crippen molar-refractivity contribution in [2.24, 2.45) is 22.7 Å². The molecule has 4 aliphatic carbocycles. The Bertz CT molecular complexity index is 339. The molecule has 0 amide bonds. The monoisotopic (exact) mass is 224 g/mol. The van der Waals surface area contributed by atoms with Gasteiger partial charge in [-0.3, -0.25) is 9.59 Å². The van der Waals surface area contributed by atoms with Crippen molar-refractivity contribution >= 4 is 11.9 Å². The first kappa shape index (κ1) is 10.1. The van der Waals surface area contributed by atoms with Gasteiger partial charge in [0.15, 0.2) is 0 Å². The molecule has 0 spiro atoms. The number of fused-ring (bicyclic) bond motifs is 3. The van der Waals surface area contributed by atoms with Gasteiger partial charge < -0.3 is 10.2 Å². The fourth-order valence-electron chi connectivity index (χ4n) is 4.58. The molecular weight excluding hydrogens is 208 g/mol. The molecule has 0 saturated heterocycles. The summed E-state index contributed by atoms with van der Waals surface area (Å²) in [6, 6.07) is 0. The molecule has 0 aromatic heterocycles. The molecule has 2 bridgehead atoms. The lowest BCUT2D eigenvalue weighted by Crippen LogP contribution is -2.41. The number of carboxylic acid groups (broad SMARTS) is 2. The second kappa shape index (κ2) is 2.79. The highest BCUT2D eigenvalue weighted by Gasteiger charge is 2.83. The van der Waals surface area contributed by atoms with Crippen LogP contribution in [-0.2, 0) is 9.59 Å². The molecule has 4 fully saturated rings. The highest BCUT2D eigenvalue weighted by Crippen LogP contribution is 2.78. The van der Waals surface area contributed by atoms with E-state index in [-0.39, 0.29) is 11.8 Å². The van der Waals surface area contributed by atoms with Crippen LogP contribution in [0.5, 0.6) is 0 Å². The van der Waals surface area contributed by atoms with E-state index in [2.05, 4.69) is 0 Å². The van der Waals surface area contributed by atoms with Crippen molar-refractivity contribution in [3.05, 3.63) is 0 Å². The van der Waals surface area contributed by atoms with Crippen LogP contribution in [-0.4, -0.2) is 22.2 Å². The lowest BCUT2D eigenvalue weighted by Gasteiger charge is -2.34. The van der Waals surface area contributed by atoms with Gasteiger partial charge in [-0.2, -0.15) is 0 Å². The fraction of sp³-hybridized carbons (Fsp3) is 0.833. The van der Waals surface area contributed by atoms with Crippen molar-refractivity contribution in [1.29, 1.82) is 0 Å². The van der Waals surface area contributed by atoms with Crippen LogP contribution in [0.3, 0.4) is 0 Å². The quantitative estimate of drug-likeness (QED) is 0.749. The van der Waals surface area contributed by atoms with Crippen molar-refractivity contribution in [3.63, 3.8) is 0 Å². The summed E-state index contributed by atoms with van der Waals surface area (Å²) >= 11 is 0. The molecule has 4 atom stereocenters. The van der Waals surface area contributed by atoms with Crippen molar-refractivity contribution in [1.82, 2.24) is 0 Å². The number of hydrogen-bond donors (Lipinski definition) is 2. The molecule has 0 radical (unpaired) electrons. The molecule has 0 aromatic rings. The molecule has 4 heteroatoms. The molecule has 0 unspecified atom stereocenters. The second-order valence-corrected chi connectivity index (χ2v) is 5.63. The fourth-order valence-corrected chi connectivity index (χ4v) is 4.58. The third-order valence-electron chi connectivity index (χ3n) is 5.35. The molecule has 4 aliphatic rings. The molecule has 0 aromatic carbocycles. The summed E-state index contributed by atoms with van der Waals surface area (Å²) in [5.74, 6) is -1.54. The van der Waals surface area contributed by atoms with Crippen molar-refractivity contribution < 1.29 is 19.8 Å². The first-order valence-corrected chi connectivity index (χ1v) is 6.02. The minimum Gasteiger partial charge on any atom is -0.481 e. The summed E-state index contributed by atoms with van der Waals surface area (Å²) in [6.07, 6.45) is 4.99. The Morgan fingerprint density at radius 3 is 1.69 bits per heavy atom. The lowest BCUT2D eigenvalue weighted by atomic mass is 9.68. The molecule has 88 valence electrons. The zero-order valence-corrected chi connectivity index (χ0v) is 9.11. The Morgan fingerprint density at radius 2 is 1.31 bits per heavy atom. The first-order chi connectivity index (χ1) is 7.55. The van der Waals surface area contributed by atoms with E-state index in [0.29, 0.717) is 6.42 Å². The van der Waals surface area contributed by atoms with E-state index in [9.17, 15) is 19.8 Å². The normalized spacial score (nSPS) is 49.2. The third-order valence-corrected chi connectivity index (χ3v) is 5.35. The average molecular weight is 224 g/mol. The highest BCUT2D eigenvalue weighted by molar-refractivity contribution is 5.94. The van der Waals surface area contributed by atoms with E-state index < -0.39 is 22.8 Å². The minimum atomic E-state index is -0.918. The summed E-state index contributed by atoms with van der Waals surface area (Å²) in [4.78, 5) is 23.0. The summed E-state index contributed by atoms with van der Waals surface area (Å²) < 4.78 is 0. The van der Waals surface area contributed by atoms with E-state index in [4.69, 9.17) is 0 Å². The predicted molar refractivity (Wildman–Crippen MR) is 54.8 cm³/mol. The van der Waals surface area contributed by atoms with Gasteiger partial charge in [0.2, 0.25) is 0 Å². The zero-order chi connectivity index (χ0) is 11.6. The van der Waals surface area contributed by atoms with Crippen molar-refractivity contribution in [3.8, 4) is 0 Å². The van der Waals surface area contributed by atoms with Crippen LogP contribution in [0.1, 0.15) is 38.5 Å². The second-order valence-electron chi connectivity index (χ2n) is 5.63. The van der Waals surface area contributed by atoms with Crippen LogP contribution in [0.25, 0.3) is 0 Å². The smallest absolute Gasteiger partial charge is 0.311 e. The summed E-state index contributed by atoms with van der Waals surface area (Å²) in [5.41, 5.74) is -1.84. The summed E-state index contributed by atoms with van der Waals surface area (Å²) in [5, 5.41) is 18.9. The SMILES string of the molecule is O=C(O)[C@]12C[C@@]1(C(=O)O)[C@H]1CCC[C@@H]2CC1. The molecule has 2 N–H and O–H groups in total. The summed E-state index contributed by atoms with van der Waals surface area (Å²) in [7, 11) is 0. The van der Waals surface area contributed by atoms with Gasteiger partial charge in [0.05, 0.1) is 10.8 Å². The Labute approximate surface area is 93.6 Å². The number of aliphatic carboxylic acids is 2. The van der Waals surface area contributed by atoms with Crippen molar-refractivity contribution in [2.75, 3.05) is 0 Å². The Hall–Kier alpha value is -1.06. The van der Waals surface area contributed by atoms with Crippen LogP contribution < -0.4 is 0 Å². The first-order valence-electron chi connectivity index (χ1n) is 6.02. The molecule has 4 nitrogen and oxygen atoms in total. The largest absolute Gasteiger partial charge is 0.481 e. The number of carbonyl (C=O) groups is 2. The average Bonchev–Trinajstić information content (AvgIpc) is 2.97. The van der Waals surface area contributed by atoms with Gasteiger partial charge in [-0.1, -0.05) is 6.42 Å². The van der Waals surface area contributed by atoms with Crippen LogP contribution in [0.4, 0.5) is 0 Å². The van der Waals surface area contributed by atoms with Gasteiger partial charge in [0.25, 0.3) is 0 Å². The van der Waals surface area contributed by atoms with E-state index in [0.717, 1.165) is 32.1 Å². The topological polar surface area (TPSA) is 74.6 Å². The number of carboxylic acids is 2. The van der Waals surface area contributed by atoms with E-state index in [1.165, 1.54) is 0 Å². The van der Waals surface area contributed by atoms with Gasteiger partial charge in [0.1, 0.15) is 0 Å². The molecule has 0 aliphatic heterocycles. The van der Waals surface area contributed by atoms with Gasteiger partial charge >= 0.3 is 11.9 Å². The number of hydrogen-bond acceptors (Lipinski definition) is 2. The zero-order valence-electron chi connectivity index (χ0n) is 9.11.